The lowest BCUT2D eigenvalue weighted by atomic mass is 9.85. The summed E-state index contributed by atoms with van der Waals surface area (Å²) in [6, 6.07) is 5.27. The summed E-state index contributed by atoms with van der Waals surface area (Å²) in [6.45, 7) is 3.86. The monoisotopic (exact) mass is 331 g/mol. The molecule has 0 aliphatic carbocycles. The predicted octanol–water partition coefficient (Wildman–Crippen LogP) is 3.84. The lowest BCUT2D eigenvalue weighted by Gasteiger charge is -2.26. The normalized spacial score (nSPS) is 11.3. The van der Waals surface area contributed by atoms with Gasteiger partial charge in [0.25, 0.3) is 0 Å². The van der Waals surface area contributed by atoms with Crippen LogP contribution in [-0.4, -0.2) is 28.9 Å². The van der Waals surface area contributed by atoms with Gasteiger partial charge in [0.1, 0.15) is 0 Å². The molecule has 4 nitrogen and oxygen atoms in total. The molecule has 0 aliphatic heterocycles. The van der Waals surface area contributed by atoms with E-state index in [9.17, 15) is 9.59 Å². The molecule has 0 aliphatic rings. The fourth-order valence-corrected chi connectivity index (χ4v) is 2.41. The summed E-state index contributed by atoms with van der Waals surface area (Å²) in [5.74, 6) is -1.04. The van der Waals surface area contributed by atoms with Crippen molar-refractivity contribution in [1.82, 2.24) is 4.90 Å². The molecule has 1 rings (SSSR count). The first-order valence-electron chi connectivity index (χ1n) is 6.51. The molecule has 1 N–H and O–H groups in total. The summed E-state index contributed by atoms with van der Waals surface area (Å²) in [5, 5.41) is 9.73. The Balaban J connectivity index is 2.71. The number of carbonyl (C=O) groups is 2. The van der Waals surface area contributed by atoms with Crippen LogP contribution in [0.25, 0.3) is 0 Å². The lowest BCUT2D eigenvalue weighted by Crippen LogP contribution is -2.31. The molecule has 0 fully saturated rings. The first kappa shape index (κ1) is 17.8. The first-order valence-corrected chi connectivity index (χ1v) is 7.26. The van der Waals surface area contributed by atoms with Crippen LogP contribution in [0.2, 0.25) is 10.0 Å². The Labute approximate surface area is 134 Å². The van der Waals surface area contributed by atoms with Gasteiger partial charge in [0.15, 0.2) is 0 Å². The summed E-state index contributed by atoms with van der Waals surface area (Å²) in [4.78, 5) is 24.5. The average Bonchev–Trinajstić information content (AvgIpc) is 2.32. The van der Waals surface area contributed by atoms with Crippen molar-refractivity contribution in [2.75, 3.05) is 7.05 Å². The molecule has 0 saturated heterocycles. The SMILES string of the molecule is CN(Cc1cccc(Cl)c1Cl)C(=O)CC(C)(C)CC(=O)O. The highest BCUT2D eigenvalue weighted by atomic mass is 35.5. The Hall–Kier alpha value is -1.26. The minimum atomic E-state index is -0.909. The van der Waals surface area contributed by atoms with Crippen LogP contribution in [-0.2, 0) is 16.1 Å². The maximum absolute atomic E-state index is 12.2. The number of carboxylic acid groups (broad SMARTS) is 1. The summed E-state index contributed by atoms with van der Waals surface area (Å²) < 4.78 is 0. The minimum absolute atomic E-state index is 0.0511. The Morgan fingerprint density at radius 3 is 2.43 bits per heavy atom. The number of halogens is 2. The van der Waals surface area contributed by atoms with Crippen molar-refractivity contribution in [1.29, 1.82) is 0 Å². The van der Waals surface area contributed by atoms with Crippen molar-refractivity contribution < 1.29 is 14.7 Å². The molecule has 21 heavy (non-hydrogen) atoms. The predicted molar refractivity (Wildman–Crippen MR) is 83.6 cm³/mol. The molecule has 1 amide bonds. The van der Waals surface area contributed by atoms with Crippen LogP contribution >= 0.6 is 23.2 Å². The zero-order chi connectivity index (χ0) is 16.2. The van der Waals surface area contributed by atoms with Gasteiger partial charge in [0.2, 0.25) is 5.91 Å². The summed E-state index contributed by atoms with van der Waals surface area (Å²) in [7, 11) is 1.66. The van der Waals surface area contributed by atoms with E-state index in [-0.39, 0.29) is 18.7 Å². The number of hydrogen-bond acceptors (Lipinski definition) is 2. The summed E-state index contributed by atoms with van der Waals surface area (Å²) >= 11 is 12.0. The Morgan fingerprint density at radius 2 is 1.86 bits per heavy atom. The van der Waals surface area contributed by atoms with E-state index >= 15 is 0 Å². The van der Waals surface area contributed by atoms with E-state index < -0.39 is 11.4 Å². The fraction of sp³-hybridized carbons (Fsp3) is 0.467. The molecule has 0 bridgehead atoms. The van der Waals surface area contributed by atoms with Gasteiger partial charge in [0.05, 0.1) is 16.5 Å². The molecule has 0 atom stereocenters. The number of carbonyl (C=O) groups excluding carboxylic acids is 1. The number of rotatable bonds is 6. The first-order chi connectivity index (χ1) is 9.62. The van der Waals surface area contributed by atoms with Crippen molar-refractivity contribution >= 4 is 35.1 Å². The Kier molecular flexibility index (Phi) is 6.05. The van der Waals surface area contributed by atoms with Crippen molar-refractivity contribution in [2.45, 2.75) is 33.2 Å². The number of amides is 1. The smallest absolute Gasteiger partial charge is 0.303 e. The third-order valence-corrected chi connectivity index (χ3v) is 3.98. The molecule has 1 aromatic rings. The highest BCUT2D eigenvalue weighted by Crippen LogP contribution is 2.28. The fourth-order valence-electron chi connectivity index (χ4n) is 2.03. The standard InChI is InChI=1S/C15H19Cl2NO3/c1-15(2,8-13(20)21)7-12(19)18(3)9-10-5-4-6-11(16)14(10)17/h4-6H,7-9H2,1-3H3,(H,20,21). The molecule has 1 aromatic carbocycles. The molecule has 0 spiro atoms. The van der Waals surface area contributed by atoms with Crippen LogP contribution < -0.4 is 0 Å². The van der Waals surface area contributed by atoms with E-state index in [1.165, 1.54) is 4.90 Å². The topological polar surface area (TPSA) is 57.6 Å². The Bertz CT molecular complexity index is 544. The second-order valence-electron chi connectivity index (χ2n) is 5.87. The molecule has 0 aromatic heterocycles. The quantitative estimate of drug-likeness (QED) is 0.861. The van der Waals surface area contributed by atoms with E-state index in [4.69, 9.17) is 28.3 Å². The second kappa shape index (κ2) is 7.14. The van der Waals surface area contributed by atoms with Crippen molar-refractivity contribution in [3.8, 4) is 0 Å². The van der Waals surface area contributed by atoms with Crippen LogP contribution in [0.15, 0.2) is 18.2 Å². The Morgan fingerprint density at radius 1 is 1.24 bits per heavy atom. The molecular formula is C15H19Cl2NO3. The number of aliphatic carboxylic acids is 1. The number of nitrogens with zero attached hydrogens (tertiary/aromatic N) is 1. The van der Waals surface area contributed by atoms with Gasteiger partial charge in [-0.3, -0.25) is 9.59 Å². The van der Waals surface area contributed by atoms with Gasteiger partial charge in [-0.25, -0.2) is 0 Å². The molecule has 0 unspecified atom stereocenters. The van der Waals surface area contributed by atoms with E-state index in [0.29, 0.717) is 16.6 Å². The highest BCUT2D eigenvalue weighted by Gasteiger charge is 2.27. The maximum atomic E-state index is 12.2. The van der Waals surface area contributed by atoms with E-state index in [0.717, 1.165) is 5.56 Å². The van der Waals surface area contributed by atoms with E-state index in [2.05, 4.69) is 0 Å². The molecule has 116 valence electrons. The van der Waals surface area contributed by atoms with Gasteiger partial charge < -0.3 is 10.0 Å². The molecule has 0 radical (unpaired) electrons. The van der Waals surface area contributed by atoms with Gasteiger partial charge in [-0.2, -0.15) is 0 Å². The zero-order valence-corrected chi connectivity index (χ0v) is 13.8. The number of benzene rings is 1. The van der Waals surface area contributed by atoms with Crippen molar-refractivity contribution in [3.63, 3.8) is 0 Å². The summed E-state index contributed by atoms with van der Waals surface area (Å²) in [6.07, 6.45) is 0.110. The van der Waals surface area contributed by atoms with Gasteiger partial charge in [0, 0.05) is 20.0 Å². The van der Waals surface area contributed by atoms with Crippen molar-refractivity contribution in [3.05, 3.63) is 33.8 Å². The van der Waals surface area contributed by atoms with Gasteiger partial charge >= 0.3 is 5.97 Å². The molecule has 0 saturated carbocycles. The minimum Gasteiger partial charge on any atom is -0.481 e. The lowest BCUT2D eigenvalue weighted by molar-refractivity contribution is -0.140. The van der Waals surface area contributed by atoms with Crippen LogP contribution in [0.3, 0.4) is 0 Å². The van der Waals surface area contributed by atoms with E-state index in [1.807, 2.05) is 0 Å². The third kappa shape index (κ3) is 5.56. The maximum Gasteiger partial charge on any atom is 0.303 e. The number of hydrogen-bond donors (Lipinski definition) is 1. The highest BCUT2D eigenvalue weighted by molar-refractivity contribution is 6.42. The van der Waals surface area contributed by atoms with Gasteiger partial charge in [-0.05, 0) is 17.0 Å². The van der Waals surface area contributed by atoms with Crippen LogP contribution in [0.5, 0.6) is 0 Å². The molecule has 0 heterocycles. The number of carboxylic acids is 1. The largest absolute Gasteiger partial charge is 0.481 e. The van der Waals surface area contributed by atoms with Crippen LogP contribution in [0.1, 0.15) is 32.3 Å². The summed E-state index contributed by atoms with van der Waals surface area (Å²) in [5.41, 5.74) is 0.172. The van der Waals surface area contributed by atoms with Gasteiger partial charge in [-0.1, -0.05) is 49.2 Å². The van der Waals surface area contributed by atoms with Crippen LogP contribution in [0, 0.1) is 5.41 Å². The molecular weight excluding hydrogens is 313 g/mol. The molecule has 6 heteroatoms. The van der Waals surface area contributed by atoms with E-state index in [1.54, 1.807) is 39.1 Å². The second-order valence-corrected chi connectivity index (χ2v) is 6.66. The zero-order valence-electron chi connectivity index (χ0n) is 12.3. The average molecular weight is 332 g/mol. The third-order valence-electron chi connectivity index (χ3n) is 3.12. The van der Waals surface area contributed by atoms with Gasteiger partial charge in [-0.15, -0.1) is 0 Å². The van der Waals surface area contributed by atoms with Crippen LogP contribution in [0.4, 0.5) is 0 Å². The van der Waals surface area contributed by atoms with Crippen molar-refractivity contribution in [2.24, 2.45) is 5.41 Å².